The lowest BCUT2D eigenvalue weighted by Crippen LogP contribution is -2.50. The number of ether oxygens (including phenoxy) is 1. The van der Waals surface area contributed by atoms with Crippen molar-refractivity contribution < 1.29 is 19.4 Å². The molecule has 0 radical (unpaired) electrons. The topological polar surface area (TPSA) is 95.0 Å². The molecular formula is C34H40N4O4. The van der Waals surface area contributed by atoms with E-state index in [-0.39, 0.29) is 36.9 Å². The predicted molar refractivity (Wildman–Crippen MR) is 164 cm³/mol. The monoisotopic (exact) mass is 568 g/mol. The molecule has 3 amide bonds. The van der Waals surface area contributed by atoms with Gasteiger partial charge in [-0.2, -0.15) is 0 Å². The zero-order chi connectivity index (χ0) is 29.6. The van der Waals surface area contributed by atoms with E-state index >= 15 is 0 Å². The summed E-state index contributed by atoms with van der Waals surface area (Å²) in [6.07, 6.45) is 7.06. The number of fused-ring (bicyclic) bond motifs is 2. The molecule has 1 aromatic heterocycles. The van der Waals surface area contributed by atoms with Crippen molar-refractivity contribution in [1.29, 1.82) is 0 Å². The standard InChI is InChI=1S/C34H40N4O4/c1-23-20-38(24(2)22-39)33(40)29-18-26(13-8-12-25-10-4-5-11-25)19-35-32(29)42-31(23)21-37(3)34(41)36-30-17-9-15-27-14-6-7-16-28(27)30/h6-7,9,14-19,23-25,31,39H,4-5,10-12,20-22H2,1-3H3,(H,36,41)/t23-,24+,31-/m0/s1. The van der Waals surface area contributed by atoms with E-state index in [1.54, 1.807) is 29.1 Å². The van der Waals surface area contributed by atoms with Gasteiger partial charge in [-0.1, -0.05) is 68.0 Å². The SMILES string of the molecule is C[C@H](CO)N1C[C@H](C)[C@H](CN(C)C(=O)Nc2cccc3ccccc23)Oc2ncc(C#CCC3CCCC3)cc2C1=O. The molecule has 1 saturated carbocycles. The largest absolute Gasteiger partial charge is 0.472 e. The Hall–Kier alpha value is -4.09. The van der Waals surface area contributed by atoms with Crippen molar-refractivity contribution in [2.24, 2.45) is 11.8 Å². The first-order valence-corrected chi connectivity index (χ1v) is 14.9. The van der Waals surface area contributed by atoms with Crippen LogP contribution in [-0.4, -0.2) is 70.7 Å². The molecule has 8 heteroatoms. The molecule has 220 valence electrons. The van der Waals surface area contributed by atoms with Crippen LogP contribution in [0.1, 0.15) is 61.9 Å². The molecule has 1 aliphatic heterocycles. The number of pyridine rings is 1. The van der Waals surface area contributed by atoms with Crippen molar-refractivity contribution in [3.8, 4) is 17.7 Å². The first-order valence-electron chi connectivity index (χ1n) is 14.9. The number of benzene rings is 2. The second-order valence-corrected chi connectivity index (χ2v) is 11.7. The summed E-state index contributed by atoms with van der Waals surface area (Å²) in [5.74, 6) is 6.95. The molecule has 42 heavy (non-hydrogen) atoms. The van der Waals surface area contributed by atoms with Crippen LogP contribution in [0.2, 0.25) is 0 Å². The first-order chi connectivity index (χ1) is 20.3. The van der Waals surface area contributed by atoms with Crippen LogP contribution in [0.3, 0.4) is 0 Å². The number of likely N-dealkylation sites (N-methyl/N-ethyl adjacent to an activating group) is 1. The number of hydrogen-bond donors (Lipinski definition) is 2. The van der Waals surface area contributed by atoms with Crippen LogP contribution in [0.5, 0.6) is 5.88 Å². The molecule has 2 aromatic carbocycles. The van der Waals surface area contributed by atoms with E-state index < -0.39 is 12.1 Å². The summed E-state index contributed by atoms with van der Waals surface area (Å²) in [4.78, 5) is 34.8. The molecule has 0 saturated heterocycles. The number of urea groups is 1. The van der Waals surface area contributed by atoms with E-state index in [1.807, 2.05) is 56.3 Å². The fourth-order valence-electron chi connectivity index (χ4n) is 5.80. The molecule has 5 rings (SSSR count). The van der Waals surface area contributed by atoms with Crippen LogP contribution in [-0.2, 0) is 0 Å². The maximum Gasteiger partial charge on any atom is 0.321 e. The third-order valence-electron chi connectivity index (χ3n) is 8.45. The van der Waals surface area contributed by atoms with Gasteiger partial charge in [-0.05, 0) is 43.2 Å². The number of aliphatic hydroxyl groups excluding tert-OH is 1. The van der Waals surface area contributed by atoms with Crippen molar-refractivity contribution in [2.45, 2.75) is 58.1 Å². The first kappa shape index (κ1) is 29.4. The Kier molecular flexibility index (Phi) is 9.28. The van der Waals surface area contributed by atoms with Gasteiger partial charge >= 0.3 is 6.03 Å². The molecule has 2 aliphatic rings. The van der Waals surface area contributed by atoms with Crippen molar-refractivity contribution in [1.82, 2.24) is 14.8 Å². The summed E-state index contributed by atoms with van der Waals surface area (Å²) in [5.41, 5.74) is 1.72. The Morgan fingerprint density at radius 3 is 2.76 bits per heavy atom. The van der Waals surface area contributed by atoms with E-state index in [0.717, 1.165) is 22.9 Å². The number of rotatable bonds is 6. The van der Waals surface area contributed by atoms with Crippen molar-refractivity contribution >= 4 is 28.4 Å². The summed E-state index contributed by atoms with van der Waals surface area (Å²) in [7, 11) is 1.73. The number of hydrogen-bond acceptors (Lipinski definition) is 5. The number of nitrogens with one attached hydrogen (secondary N) is 1. The van der Waals surface area contributed by atoms with E-state index in [0.29, 0.717) is 23.6 Å². The van der Waals surface area contributed by atoms with Gasteiger partial charge in [-0.25, -0.2) is 9.78 Å². The minimum absolute atomic E-state index is 0.142. The average molecular weight is 569 g/mol. The summed E-state index contributed by atoms with van der Waals surface area (Å²) in [5, 5.41) is 15.0. The molecule has 1 fully saturated rings. The number of carbonyl (C=O) groups excluding carboxylic acids is 2. The molecule has 0 spiro atoms. The number of anilines is 1. The van der Waals surface area contributed by atoms with Crippen LogP contribution in [0.4, 0.5) is 10.5 Å². The van der Waals surface area contributed by atoms with E-state index in [2.05, 4.69) is 22.1 Å². The Balaban J connectivity index is 1.36. The van der Waals surface area contributed by atoms with Crippen molar-refractivity contribution in [2.75, 3.05) is 32.1 Å². The second kappa shape index (κ2) is 13.3. The van der Waals surface area contributed by atoms with Gasteiger partial charge in [-0.3, -0.25) is 4.79 Å². The third kappa shape index (κ3) is 6.69. The second-order valence-electron chi connectivity index (χ2n) is 11.7. The third-order valence-corrected chi connectivity index (χ3v) is 8.45. The van der Waals surface area contributed by atoms with E-state index in [1.165, 1.54) is 25.7 Å². The molecule has 2 N–H and O–H groups in total. The highest BCUT2D eigenvalue weighted by Gasteiger charge is 2.34. The predicted octanol–water partition coefficient (Wildman–Crippen LogP) is 5.55. The summed E-state index contributed by atoms with van der Waals surface area (Å²) in [6, 6.07) is 14.8. The highest BCUT2D eigenvalue weighted by Crippen LogP contribution is 2.29. The lowest BCUT2D eigenvalue weighted by atomic mass is 10.00. The minimum atomic E-state index is -0.444. The summed E-state index contributed by atoms with van der Waals surface area (Å²) in [6.45, 7) is 4.28. The zero-order valence-corrected chi connectivity index (χ0v) is 24.7. The highest BCUT2D eigenvalue weighted by molar-refractivity contribution is 6.01. The van der Waals surface area contributed by atoms with E-state index in [9.17, 15) is 14.7 Å². The highest BCUT2D eigenvalue weighted by atomic mass is 16.5. The minimum Gasteiger partial charge on any atom is -0.472 e. The van der Waals surface area contributed by atoms with Gasteiger partial charge in [0.2, 0.25) is 5.88 Å². The van der Waals surface area contributed by atoms with Gasteiger partial charge in [0.15, 0.2) is 0 Å². The van der Waals surface area contributed by atoms with Gasteiger partial charge in [0.25, 0.3) is 5.91 Å². The Morgan fingerprint density at radius 1 is 1.21 bits per heavy atom. The Bertz CT molecular complexity index is 1480. The van der Waals surface area contributed by atoms with Crippen LogP contribution in [0, 0.1) is 23.7 Å². The average Bonchev–Trinajstić information content (AvgIpc) is 3.52. The number of nitrogens with zero attached hydrogens (tertiary/aromatic N) is 3. The smallest absolute Gasteiger partial charge is 0.321 e. The molecule has 3 atom stereocenters. The lowest BCUT2D eigenvalue weighted by Gasteiger charge is -2.37. The summed E-state index contributed by atoms with van der Waals surface area (Å²) >= 11 is 0. The molecule has 0 bridgehead atoms. The number of carbonyl (C=O) groups is 2. The molecular weight excluding hydrogens is 528 g/mol. The van der Waals surface area contributed by atoms with Crippen molar-refractivity contribution in [3.05, 3.63) is 65.9 Å². The van der Waals surface area contributed by atoms with Crippen LogP contribution in [0.25, 0.3) is 10.8 Å². The maximum atomic E-state index is 13.7. The molecule has 3 aromatic rings. The number of aromatic nitrogens is 1. The van der Waals surface area contributed by atoms with Gasteiger partial charge in [-0.15, -0.1) is 0 Å². The Morgan fingerprint density at radius 2 is 1.98 bits per heavy atom. The van der Waals surface area contributed by atoms with Gasteiger partial charge in [0.05, 0.1) is 24.9 Å². The van der Waals surface area contributed by atoms with Crippen LogP contribution in [0.15, 0.2) is 54.7 Å². The molecule has 0 unspecified atom stereocenters. The molecule has 1 aliphatic carbocycles. The molecule has 8 nitrogen and oxygen atoms in total. The molecule has 2 heterocycles. The number of amides is 3. The lowest BCUT2D eigenvalue weighted by molar-refractivity contribution is 0.0356. The van der Waals surface area contributed by atoms with Gasteiger partial charge in [0, 0.05) is 43.1 Å². The fourth-order valence-corrected chi connectivity index (χ4v) is 5.80. The maximum absolute atomic E-state index is 13.7. The van der Waals surface area contributed by atoms with Crippen LogP contribution < -0.4 is 10.1 Å². The van der Waals surface area contributed by atoms with E-state index in [4.69, 9.17) is 4.74 Å². The van der Waals surface area contributed by atoms with Crippen molar-refractivity contribution in [3.63, 3.8) is 0 Å². The van der Waals surface area contributed by atoms with Crippen LogP contribution >= 0.6 is 0 Å². The van der Waals surface area contributed by atoms with Gasteiger partial charge in [0.1, 0.15) is 11.7 Å². The zero-order valence-electron chi connectivity index (χ0n) is 24.7. The number of aliphatic hydroxyl groups is 1. The normalized spacial score (nSPS) is 19.6. The Labute approximate surface area is 248 Å². The fraction of sp³-hybridized carbons (Fsp3) is 0.441. The van der Waals surface area contributed by atoms with Gasteiger partial charge < -0.3 is 25.0 Å². The quantitative estimate of drug-likeness (QED) is 0.380. The summed E-state index contributed by atoms with van der Waals surface area (Å²) < 4.78 is 6.37.